The molecule has 1 unspecified atom stereocenters. The topological polar surface area (TPSA) is 74.7 Å². The summed E-state index contributed by atoms with van der Waals surface area (Å²) in [7, 11) is -3.04. The normalized spacial score (nSPS) is 29.8. The van der Waals surface area contributed by atoms with Crippen molar-refractivity contribution in [3.05, 3.63) is 0 Å². The number of nitrogens with zero attached hydrogens (tertiary/aromatic N) is 1. The molecule has 5 nitrogen and oxygen atoms in total. The number of carboxylic acid groups (broad SMARTS) is 1. The summed E-state index contributed by atoms with van der Waals surface area (Å²) in [6.45, 7) is 1.37. The fourth-order valence-electron chi connectivity index (χ4n) is 2.56. The molecule has 0 spiro atoms. The Kier molecular flexibility index (Phi) is 3.73. The molecule has 6 heteroatoms. The number of hydrogen-bond donors (Lipinski definition) is 1. The predicted octanol–water partition coefficient (Wildman–Crippen LogP) is 0.360. The van der Waals surface area contributed by atoms with E-state index < -0.39 is 15.8 Å². The molecular formula is C11H19NO4S. The average Bonchev–Trinajstić information content (AvgIpc) is 2.11. The summed E-state index contributed by atoms with van der Waals surface area (Å²) in [6.07, 6.45) is 3.58. The van der Waals surface area contributed by atoms with Gasteiger partial charge < -0.3 is 5.11 Å². The molecule has 1 atom stereocenters. The SMILES string of the molecule is O=C(O)CC1CS(=O)(=O)CCN1CC1CCC1. The van der Waals surface area contributed by atoms with Gasteiger partial charge in [0.1, 0.15) is 0 Å². The predicted molar refractivity (Wildman–Crippen MR) is 63.6 cm³/mol. The lowest BCUT2D eigenvalue weighted by atomic mass is 9.85. The Bertz CT molecular complexity index is 388. The number of carboxylic acids is 1. The van der Waals surface area contributed by atoms with Gasteiger partial charge in [0.25, 0.3) is 0 Å². The average molecular weight is 261 g/mol. The Morgan fingerprint density at radius 1 is 1.35 bits per heavy atom. The Morgan fingerprint density at radius 3 is 2.59 bits per heavy atom. The molecule has 0 bridgehead atoms. The van der Waals surface area contributed by atoms with Crippen molar-refractivity contribution in [1.82, 2.24) is 4.90 Å². The van der Waals surface area contributed by atoms with Gasteiger partial charge in [-0.1, -0.05) is 6.42 Å². The van der Waals surface area contributed by atoms with Gasteiger partial charge in [0.15, 0.2) is 9.84 Å². The van der Waals surface area contributed by atoms with Gasteiger partial charge in [-0.2, -0.15) is 0 Å². The van der Waals surface area contributed by atoms with E-state index in [4.69, 9.17) is 5.11 Å². The first-order valence-electron chi connectivity index (χ1n) is 6.12. The van der Waals surface area contributed by atoms with Crippen LogP contribution in [0.5, 0.6) is 0 Å². The van der Waals surface area contributed by atoms with E-state index in [1.165, 1.54) is 19.3 Å². The first-order valence-corrected chi connectivity index (χ1v) is 7.95. The Labute approximate surface area is 102 Å². The number of rotatable bonds is 4. The smallest absolute Gasteiger partial charge is 0.304 e. The quantitative estimate of drug-likeness (QED) is 0.791. The molecule has 0 aromatic heterocycles. The van der Waals surface area contributed by atoms with Crippen LogP contribution in [0, 0.1) is 5.92 Å². The summed E-state index contributed by atoms with van der Waals surface area (Å²) in [5, 5.41) is 8.84. The third kappa shape index (κ3) is 3.42. The molecule has 98 valence electrons. The monoisotopic (exact) mass is 261 g/mol. The molecule has 0 aromatic carbocycles. The van der Waals surface area contributed by atoms with Crippen LogP contribution in [0.3, 0.4) is 0 Å². The lowest BCUT2D eigenvalue weighted by molar-refractivity contribution is -0.138. The van der Waals surface area contributed by atoms with E-state index in [1.807, 2.05) is 0 Å². The van der Waals surface area contributed by atoms with Gasteiger partial charge in [0.05, 0.1) is 17.9 Å². The maximum Gasteiger partial charge on any atom is 0.304 e. The summed E-state index contributed by atoms with van der Waals surface area (Å²) in [5.41, 5.74) is 0. The molecule has 0 aromatic rings. The zero-order valence-electron chi connectivity index (χ0n) is 9.84. The molecule has 2 rings (SSSR count). The van der Waals surface area contributed by atoms with Gasteiger partial charge in [0.2, 0.25) is 0 Å². The first-order chi connectivity index (χ1) is 7.96. The van der Waals surface area contributed by atoms with Crippen LogP contribution in [0.2, 0.25) is 0 Å². The van der Waals surface area contributed by atoms with E-state index in [0.717, 1.165) is 6.54 Å². The highest BCUT2D eigenvalue weighted by molar-refractivity contribution is 7.91. The Hall–Kier alpha value is -0.620. The Balaban J connectivity index is 1.98. The van der Waals surface area contributed by atoms with Crippen LogP contribution in [0.25, 0.3) is 0 Å². The minimum atomic E-state index is -3.04. The second kappa shape index (κ2) is 4.94. The van der Waals surface area contributed by atoms with E-state index in [-0.39, 0.29) is 24.0 Å². The number of hydrogen-bond acceptors (Lipinski definition) is 4. The summed E-state index contributed by atoms with van der Waals surface area (Å²) in [5.74, 6) is -0.0835. The molecular weight excluding hydrogens is 242 g/mol. The van der Waals surface area contributed by atoms with Crippen molar-refractivity contribution >= 4 is 15.8 Å². The second-order valence-corrected chi connectivity index (χ2v) is 7.39. The maximum atomic E-state index is 11.5. The van der Waals surface area contributed by atoms with E-state index in [0.29, 0.717) is 12.5 Å². The van der Waals surface area contributed by atoms with Crippen LogP contribution >= 0.6 is 0 Å². The maximum absolute atomic E-state index is 11.5. The van der Waals surface area contributed by atoms with Crippen molar-refractivity contribution in [2.24, 2.45) is 5.92 Å². The van der Waals surface area contributed by atoms with Crippen molar-refractivity contribution in [3.63, 3.8) is 0 Å². The lowest BCUT2D eigenvalue weighted by Gasteiger charge is -2.39. The number of carbonyl (C=O) groups is 1. The molecule has 0 radical (unpaired) electrons. The van der Waals surface area contributed by atoms with Gasteiger partial charge >= 0.3 is 5.97 Å². The van der Waals surface area contributed by atoms with Gasteiger partial charge in [-0.05, 0) is 18.8 Å². The minimum absolute atomic E-state index is 0.00597. The van der Waals surface area contributed by atoms with Crippen LogP contribution < -0.4 is 0 Å². The third-order valence-electron chi connectivity index (χ3n) is 3.78. The summed E-state index contributed by atoms with van der Waals surface area (Å²) in [4.78, 5) is 12.8. The molecule has 1 saturated carbocycles. The van der Waals surface area contributed by atoms with Crippen molar-refractivity contribution in [2.45, 2.75) is 31.7 Å². The fraction of sp³-hybridized carbons (Fsp3) is 0.909. The van der Waals surface area contributed by atoms with Crippen LogP contribution in [0.15, 0.2) is 0 Å². The lowest BCUT2D eigenvalue weighted by Crippen LogP contribution is -2.51. The number of aliphatic carboxylic acids is 1. The third-order valence-corrected chi connectivity index (χ3v) is 5.48. The van der Waals surface area contributed by atoms with E-state index in [1.54, 1.807) is 0 Å². The van der Waals surface area contributed by atoms with Crippen molar-refractivity contribution < 1.29 is 18.3 Å². The van der Waals surface area contributed by atoms with Crippen molar-refractivity contribution in [2.75, 3.05) is 24.6 Å². The van der Waals surface area contributed by atoms with Gasteiger partial charge in [-0.25, -0.2) is 8.42 Å². The van der Waals surface area contributed by atoms with E-state index in [2.05, 4.69) is 4.90 Å². The first kappa shape index (κ1) is 12.8. The molecule has 2 fully saturated rings. The summed E-state index contributed by atoms with van der Waals surface area (Å²) >= 11 is 0. The molecule has 1 aliphatic heterocycles. The van der Waals surface area contributed by atoms with Gasteiger partial charge in [-0.3, -0.25) is 9.69 Å². The molecule has 17 heavy (non-hydrogen) atoms. The zero-order chi connectivity index (χ0) is 12.5. The zero-order valence-corrected chi connectivity index (χ0v) is 10.7. The van der Waals surface area contributed by atoms with Crippen LogP contribution in [-0.4, -0.2) is 55.0 Å². The van der Waals surface area contributed by atoms with Crippen molar-refractivity contribution in [1.29, 1.82) is 0 Å². The highest BCUT2D eigenvalue weighted by Gasteiger charge is 2.34. The van der Waals surface area contributed by atoms with Crippen molar-refractivity contribution in [3.8, 4) is 0 Å². The van der Waals surface area contributed by atoms with Crippen LogP contribution in [0.1, 0.15) is 25.7 Å². The minimum Gasteiger partial charge on any atom is -0.481 e. The fourth-order valence-corrected chi connectivity index (χ4v) is 4.15. The second-order valence-electron chi connectivity index (χ2n) is 5.16. The van der Waals surface area contributed by atoms with Crippen LogP contribution in [0.4, 0.5) is 0 Å². The molecule has 1 saturated heterocycles. The largest absolute Gasteiger partial charge is 0.481 e. The van der Waals surface area contributed by atoms with E-state index in [9.17, 15) is 13.2 Å². The molecule has 0 amide bonds. The van der Waals surface area contributed by atoms with Gasteiger partial charge in [-0.15, -0.1) is 0 Å². The van der Waals surface area contributed by atoms with Crippen LogP contribution in [-0.2, 0) is 14.6 Å². The highest BCUT2D eigenvalue weighted by Crippen LogP contribution is 2.29. The number of sulfone groups is 1. The molecule has 1 heterocycles. The van der Waals surface area contributed by atoms with Gasteiger partial charge in [0, 0.05) is 19.1 Å². The molecule has 2 aliphatic rings. The Morgan fingerprint density at radius 2 is 2.06 bits per heavy atom. The highest BCUT2D eigenvalue weighted by atomic mass is 32.2. The molecule has 1 aliphatic carbocycles. The standard InChI is InChI=1S/C11H19NO4S/c13-11(14)6-10-8-17(15,16)5-4-12(10)7-9-2-1-3-9/h9-10H,1-8H2,(H,13,14). The summed E-state index contributed by atoms with van der Waals surface area (Å²) in [6, 6.07) is -0.327. The molecule has 1 N–H and O–H groups in total. The summed E-state index contributed by atoms with van der Waals surface area (Å²) < 4.78 is 23.1. The van der Waals surface area contributed by atoms with E-state index >= 15 is 0 Å².